The largest absolute Gasteiger partial charge is 0.347 e. The van der Waals surface area contributed by atoms with Crippen molar-refractivity contribution in [1.29, 1.82) is 0 Å². The Hall–Kier alpha value is -1.38. The van der Waals surface area contributed by atoms with Gasteiger partial charge in [0.2, 0.25) is 0 Å². The van der Waals surface area contributed by atoms with Gasteiger partial charge in [-0.3, -0.25) is 0 Å². The molecule has 3 nitrogen and oxygen atoms in total. The number of rotatable bonds is 3. The number of nitrogens with one attached hydrogen (secondary N) is 1. The summed E-state index contributed by atoms with van der Waals surface area (Å²) in [5, 5.41) is 2.90. The number of aromatic nitrogens is 2. The van der Waals surface area contributed by atoms with Gasteiger partial charge in [0.05, 0.1) is 0 Å². The molecule has 0 saturated heterocycles. The van der Waals surface area contributed by atoms with E-state index >= 15 is 0 Å². The van der Waals surface area contributed by atoms with Crippen LogP contribution in [0.25, 0.3) is 0 Å². The number of hydrogen-bond acceptors (Lipinski definition) is 3. The van der Waals surface area contributed by atoms with Crippen LogP contribution in [-0.2, 0) is 6.42 Å². The first-order valence-electron chi connectivity index (χ1n) is 3.55. The minimum absolute atomic E-state index is 0.798. The van der Waals surface area contributed by atoms with Gasteiger partial charge in [-0.15, -0.1) is 0 Å². The minimum atomic E-state index is 0.798. The topological polar surface area (TPSA) is 37.8 Å². The highest BCUT2D eigenvalue weighted by Gasteiger charge is 1.92. The molecule has 58 valence electrons. The van der Waals surface area contributed by atoms with Gasteiger partial charge in [-0.2, -0.15) is 0 Å². The van der Waals surface area contributed by atoms with Crippen LogP contribution in [0.2, 0.25) is 0 Å². The van der Waals surface area contributed by atoms with Crippen molar-refractivity contribution in [3.63, 3.8) is 0 Å². The van der Waals surface area contributed by atoms with E-state index in [9.17, 15) is 0 Å². The fourth-order valence-corrected chi connectivity index (χ4v) is 0.774. The van der Waals surface area contributed by atoms with E-state index in [0.29, 0.717) is 0 Å². The minimum Gasteiger partial charge on any atom is -0.347 e. The fraction of sp³-hybridized carbons (Fsp3) is 0.250. The summed E-state index contributed by atoms with van der Waals surface area (Å²) < 4.78 is 0. The van der Waals surface area contributed by atoms with Crippen molar-refractivity contribution in [3.05, 3.63) is 30.9 Å². The van der Waals surface area contributed by atoms with Crippen LogP contribution in [-0.4, -0.2) is 9.97 Å². The Morgan fingerprint density at radius 1 is 1.64 bits per heavy atom. The van der Waals surface area contributed by atoms with Gasteiger partial charge < -0.3 is 5.32 Å². The van der Waals surface area contributed by atoms with E-state index in [4.69, 9.17) is 0 Å². The summed E-state index contributed by atoms with van der Waals surface area (Å²) in [5.74, 6) is 0.798. The molecular weight excluding hydrogens is 138 g/mol. The lowest BCUT2D eigenvalue weighted by Gasteiger charge is -1.99. The van der Waals surface area contributed by atoms with Crippen molar-refractivity contribution in [3.8, 4) is 0 Å². The van der Waals surface area contributed by atoms with Crippen molar-refractivity contribution in [2.24, 2.45) is 0 Å². The second kappa shape index (κ2) is 3.71. The normalized spacial score (nSPS) is 9.18. The van der Waals surface area contributed by atoms with E-state index in [1.54, 1.807) is 12.5 Å². The fourth-order valence-electron chi connectivity index (χ4n) is 0.774. The molecule has 1 heterocycles. The van der Waals surface area contributed by atoms with Gasteiger partial charge in [-0.1, -0.05) is 13.5 Å². The van der Waals surface area contributed by atoms with E-state index in [-0.39, 0.29) is 0 Å². The van der Waals surface area contributed by atoms with Crippen LogP contribution in [0, 0.1) is 0 Å². The zero-order valence-electron chi connectivity index (χ0n) is 6.54. The van der Waals surface area contributed by atoms with E-state index in [1.807, 2.05) is 6.07 Å². The predicted octanol–water partition coefficient (Wildman–Crippen LogP) is 1.59. The van der Waals surface area contributed by atoms with E-state index in [0.717, 1.165) is 17.9 Å². The second-order valence-electron chi connectivity index (χ2n) is 2.10. The summed E-state index contributed by atoms with van der Waals surface area (Å²) in [6.45, 7) is 5.60. The number of aryl methyl sites for hydroxylation is 1. The Labute approximate surface area is 66.2 Å². The molecule has 11 heavy (non-hydrogen) atoms. The summed E-state index contributed by atoms with van der Waals surface area (Å²) in [6.07, 6.45) is 4.07. The van der Waals surface area contributed by atoms with E-state index in [1.165, 1.54) is 0 Å². The molecule has 1 rings (SSSR count). The first kappa shape index (κ1) is 7.72. The molecule has 0 unspecified atom stereocenters. The molecule has 0 atom stereocenters. The molecule has 0 aliphatic carbocycles. The lowest BCUT2D eigenvalue weighted by atomic mass is 10.3. The third kappa shape index (κ3) is 2.04. The first-order chi connectivity index (χ1) is 5.36. The Balaban J connectivity index is 2.82. The molecule has 0 aromatic carbocycles. The molecule has 0 aliphatic rings. The van der Waals surface area contributed by atoms with Crippen LogP contribution in [0.3, 0.4) is 0 Å². The maximum atomic E-state index is 4.05. The zero-order valence-corrected chi connectivity index (χ0v) is 6.54. The van der Waals surface area contributed by atoms with E-state index in [2.05, 4.69) is 28.8 Å². The zero-order chi connectivity index (χ0) is 8.10. The second-order valence-corrected chi connectivity index (χ2v) is 2.10. The molecule has 0 saturated carbocycles. The average molecular weight is 149 g/mol. The smallest absolute Gasteiger partial charge is 0.133 e. The van der Waals surface area contributed by atoms with E-state index < -0.39 is 0 Å². The Morgan fingerprint density at radius 2 is 2.45 bits per heavy atom. The van der Waals surface area contributed by atoms with Crippen LogP contribution < -0.4 is 5.32 Å². The van der Waals surface area contributed by atoms with Gasteiger partial charge in [-0.25, -0.2) is 9.97 Å². The van der Waals surface area contributed by atoms with Crippen LogP contribution in [0.1, 0.15) is 12.6 Å². The van der Waals surface area contributed by atoms with Gasteiger partial charge in [0, 0.05) is 11.8 Å². The van der Waals surface area contributed by atoms with Crippen molar-refractivity contribution in [2.75, 3.05) is 5.32 Å². The van der Waals surface area contributed by atoms with Crippen molar-refractivity contribution >= 4 is 5.82 Å². The summed E-state index contributed by atoms with van der Waals surface area (Å²) in [7, 11) is 0. The molecule has 0 fully saturated rings. The lowest BCUT2D eigenvalue weighted by molar-refractivity contribution is 1.00. The van der Waals surface area contributed by atoms with Gasteiger partial charge >= 0.3 is 0 Å². The highest BCUT2D eigenvalue weighted by molar-refractivity contribution is 5.37. The van der Waals surface area contributed by atoms with Gasteiger partial charge in [0.15, 0.2) is 0 Å². The molecule has 0 amide bonds. The Kier molecular flexibility index (Phi) is 2.60. The predicted molar refractivity (Wildman–Crippen MR) is 45.2 cm³/mol. The van der Waals surface area contributed by atoms with Gasteiger partial charge in [0.25, 0.3) is 0 Å². The Bertz CT molecular complexity index is 245. The lowest BCUT2D eigenvalue weighted by Crippen LogP contribution is -1.94. The molecule has 3 heteroatoms. The molecule has 1 N–H and O–H groups in total. The van der Waals surface area contributed by atoms with Crippen molar-refractivity contribution in [2.45, 2.75) is 13.3 Å². The average Bonchev–Trinajstić information content (AvgIpc) is 2.06. The van der Waals surface area contributed by atoms with Gasteiger partial charge in [-0.05, 0) is 12.6 Å². The number of hydrogen-bond donors (Lipinski definition) is 1. The van der Waals surface area contributed by atoms with Crippen LogP contribution >= 0.6 is 0 Å². The maximum absolute atomic E-state index is 4.05. The third-order valence-corrected chi connectivity index (χ3v) is 1.34. The number of nitrogens with zero attached hydrogens (tertiary/aromatic N) is 2. The monoisotopic (exact) mass is 149 g/mol. The van der Waals surface area contributed by atoms with Crippen LogP contribution in [0.15, 0.2) is 25.2 Å². The van der Waals surface area contributed by atoms with Crippen LogP contribution in [0.5, 0.6) is 0 Å². The molecule has 1 aromatic heterocycles. The highest BCUT2D eigenvalue weighted by atomic mass is 15.0. The summed E-state index contributed by atoms with van der Waals surface area (Å²) in [5.41, 5.74) is 1.03. The molecular formula is C8H11N3. The quantitative estimate of drug-likeness (QED) is 0.709. The first-order valence-corrected chi connectivity index (χ1v) is 3.55. The molecule has 0 bridgehead atoms. The van der Waals surface area contributed by atoms with Crippen molar-refractivity contribution < 1.29 is 0 Å². The third-order valence-electron chi connectivity index (χ3n) is 1.34. The van der Waals surface area contributed by atoms with Gasteiger partial charge in [0.1, 0.15) is 12.1 Å². The molecule has 0 spiro atoms. The molecule has 1 aromatic rings. The Morgan fingerprint density at radius 3 is 3.09 bits per heavy atom. The molecule has 0 radical (unpaired) electrons. The van der Waals surface area contributed by atoms with Crippen molar-refractivity contribution in [1.82, 2.24) is 9.97 Å². The number of anilines is 1. The highest BCUT2D eigenvalue weighted by Crippen LogP contribution is 2.03. The summed E-state index contributed by atoms with van der Waals surface area (Å²) in [4.78, 5) is 8.04. The maximum Gasteiger partial charge on any atom is 0.133 e. The standard InChI is InChI=1S/C8H11N3/c1-3-7-5-8(9-4-2)11-6-10-7/h4-6H,2-3H2,1H3,(H,9,10,11). The van der Waals surface area contributed by atoms with Crippen LogP contribution in [0.4, 0.5) is 5.82 Å². The SMILES string of the molecule is C=CNc1cc(CC)ncn1. The summed E-state index contributed by atoms with van der Waals surface area (Å²) >= 11 is 0. The summed E-state index contributed by atoms with van der Waals surface area (Å²) in [6, 6.07) is 1.90. The molecule has 0 aliphatic heterocycles.